The molecule has 3 N–H and O–H groups in total. The van der Waals surface area contributed by atoms with E-state index in [1.165, 1.54) is 10.8 Å². The van der Waals surface area contributed by atoms with Crippen LogP contribution in [0.5, 0.6) is 0 Å². The molecule has 14 heavy (non-hydrogen) atoms. The second-order valence-corrected chi connectivity index (χ2v) is 3.19. The Morgan fingerprint density at radius 2 is 2.21 bits per heavy atom. The van der Waals surface area contributed by atoms with Gasteiger partial charge in [0, 0.05) is 6.20 Å². The number of rotatable bonds is 1. The van der Waals surface area contributed by atoms with E-state index in [-0.39, 0.29) is 5.69 Å². The van der Waals surface area contributed by atoms with E-state index >= 15 is 0 Å². The van der Waals surface area contributed by atoms with Gasteiger partial charge in [0.15, 0.2) is 0 Å². The Hall–Kier alpha value is -1.97. The Balaban J connectivity index is 2.66. The van der Waals surface area contributed by atoms with Crippen LogP contribution < -0.4 is 11.4 Å². The van der Waals surface area contributed by atoms with E-state index in [0.717, 1.165) is 11.3 Å². The first-order valence-electron chi connectivity index (χ1n) is 4.31. The minimum Gasteiger partial charge on any atom is -0.383 e. The number of hydrogen-bond donors (Lipinski definition) is 2. The highest BCUT2D eigenvalue weighted by Crippen LogP contribution is 2.11. The van der Waals surface area contributed by atoms with Gasteiger partial charge in [-0.2, -0.15) is 0 Å². The molecule has 1 aromatic heterocycles. The average Bonchev–Trinajstić information content (AvgIpc) is 2.46. The Morgan fingerprint density at radius 1 is 1.43 bits per heavy atom. The van der Waals surface area contributed by atoms with Crippen LogP contribution in [0.3, 0.4) is 0 Å². The number of aryl methyl sites for hydroxylation is 1. The van der Waals surface area contributed by atoms with E-state index in [0.29, 0.717) is 5.82 Å². The number of aromatic amines is 1. The number of H-pyrrole nitrogens is 1. The highest BCUT2D eigenvalue weighted by atomic mass is 16.1. The van der Waals surface area contributed by atoms with Gasteiger partial charge in [-0.15, -0.1) is 0 Å². The molecule has 0 aliphatic heterocycles. The highest BCUT2D eigenvalue weighted by Gasteiger charge is 2.04. The van der Waals surface area contributed by atoms with Crippen LogP contribution in [0.25, 0.3) is 5.69 Å². The number of nitrogens with zero attached hydrogens (tertiary/aromatic N) is 1. The fourth-order valence-electron chi connectivity index (χ4n) is 1.42. The predicted molar refractivity (Wildman–Crippen MR) is 55.5 cm³/mol. The Labute approximate surface area is 81.0 Å². The van der Waals surface area contributed by atoms with Crippen molar-refractivity contribution in [3.8, 4) is 5.69 Å². The molecule has 0 aliphatic rings. The minimum absolute atomic E-state index is 0.215. The van der Waals surface area contributed by atoms with Crippen molar-refractivity contribution in [1.82, 2.24) is 9.55 Å². The van der Waals surface area contributed by atoms with Crippen LogP contribution in [0.1, 0.15) is 5.56 Å². The third-order valence-electron chi connectivity index (χ3n) is 2.06. The highest BCUT2D eigenvalue weighted by molar-refractivity contribution is 5.43. The van der Waals surface area contributed by atoms with Crippen LogP contribution in [-0.4, -0.2) is 9.55 Å². The molecule has 0 spiro atoms. The molecule has 1 aromatic carbocycles. The summed E-state index contributed by atoms with van der Waals surface area (Å²) in [7, 11) is 0. The number of nitrogens with one attached hydrogen (secondary N) is 1. The maximum Gasteiger partial charge on any atom is 0.331 e. The van der Waals surface area contributed by atoms with Gasteiger partial charge in [-0.3, -0.25) is 0 Å². The zero-order chi connectivity index (χ0) is 10.1. The molecule has 0 unspecified atom stereocenters. The fourth-order valence-corrected chi connectivity index (χ4v) is 1.42. The molecular formula is C10H11N3O. The first-order chi connectivity index (χ1) is 6.68. The number of hydrogen-bond acceptors (Lipinski definition) is 2. The zero-order valence-electron chi connectivity index (χ0n) is 7.82. The summed E-state index contributed by atoms with van der Waals surface area (Å²) in [6.07, 6.45) is 1.49. The van der Waals surface area contributed by atoms with Crippen LogP contribution in [0.4, 0.5) is 5.82 Å². The molecule has 72 valence electrons. The van der Waals surface area contributed by atoms with Crippen molar-refractivity contribution in [2.24, 2.45) is 0 Å². The molecule has 4 heteroatoms. The largest absolute Gasteiger partial charge is 0.383 e. The van der Waals surface area contributed by atoms with Gasteiger partial charge in [0.1, 0.15) is 5.82 Å². The van der Waals surface area contributed by atoms with Crippen LogP contribution in [-0.2, 0) is 0 Å². The van der Waals surface area contributed by atoms with Gasteiger partial charge in [0.25, 0.3) is 0 Å². The fraction of sp³-hybridized carbons (Fsp3) is 0.100. The van der Waals surface area contributed by atoms with Crippen molar-refractivity contribution >= 4 is 5.82 Å². The third-order valence-corrected chi connectivity index (χ3v) is 2.06. The van der Waals surface area contributed by atoms with Gasteiger partial charge < -0.3 is 10.7 Å². The lowest BCUT2D eigenvalue weighted by Crippen LogP contribution is -2.16. The second-order valence-electron chi connectivity index (χ2n) is 3.19. The maximum absolute atomic E-state index is 11.4. The molecule has 0 saturated carbocycles. The third kappa shape index (κ3) is 1.31. The lowest BCUT2D eigenvalue weighted by Gasteiger charge is -2.03. The summed E-state index contributed by atoms with van der Waals surface area (Å²) < 4.78 is 1.44. The van der Waals surface area contributed by atoms with Gasteiger partial charge in [0.2, 0.25) is 0 Å². The molecule has 0 atom stereocenters. The van der Waals surface area contributed by atoms with E-state index in [4.69, 9.17) is 5.73 Å². The molecular weight excluding hydrogens is 178 g/mol. The topological polar surface area (TPSA) is 63.8 Å². The summed E-state index contributed by atoms with van der Waals surface area (Å²) >= 11 is 0. The summed E-state index contributed by atoms with van der Waals surface area (Å²) in [5.41, 5.74) is 7.32. The van der Waals surface area contributed by atoms with Crippen molar-refractivity contribution in [2.75, 3.05) is 5.73 Å². The monoisotopic (exact) mass is 189 g/mol. The van der Waals surface area contributed by atoms with Crippen molar-refractivity contribution in [2.45, 2.75) is 6.92 Å². The molecule has 0 amide bonds. The van der Waals surface area contributed by atoms with Crippen molar-refractivity contribution in [1.29, 1.82) is 0 Å². The standard InChI is InChI=1S/C10H11N3O/c1-7-3-2-4-8(5-7)13-9(11)6-12-10(13)14/h2-6H,11H2,1H3,(H,12,14). The normalized spacial score (nSPS) is 10.4. The number of aromatic nitrogens is 2. The zero-order valence-corrected chi connectivity index (χ0v) is 7.82. The van der Waals surface area contributed by atoms with Crippen molar-refractivity contribution in [3.63, 3.8) is 0 Å². The van der Waals surface area contributed by atoms with Crippen LogP contribution >= 0.6 is 0 Å². The lowest BCUT2D eigenvalue weighted by atomic mass is 10.2. The molecule has 2 rings (SSSR count). The SMILES string of the molecule is Cc1cccc(-n2c(N)c[nH]c2=O)c1. The summed E-state index contributed by atoms with van der Waals surface area (Å²) in [6.45, 7) is 1.97. The van der Waals surface area contributed by atoms with Crippen molar-refractivity contribution < 1.29 is 0 Å². The van der Waals surface area contributed by atoms with Crippen molar-refractivity contribution in [3.05, 3.63) is 46.5 Å². The summed E-state index contributed by atoms with van der Waals surface area (Å²) in [6, 6.07) is 7.62. The van der Waals surface area contributed by atoms with Gasteiger partial charge in [0.05, 0.1) is 5.69 Å². The first-order valence-corrected chi connectivity index (χ1v) is 4.31. The summed E-state index contributed by atoms with van der Waals surface area (Å²) in [4.78, 5) is 13.9. The lowest BCUT2D eigenvalue weighted by molar-refractivity contribution is 0.994. The quantitative estimate of drug-likeness (QED) is 0.704. The maximum atomic E-state index is 11.4. The van der Waals surface area contributed by atoms with E-state index in [1.54, 1.807) is 0 Å². The molecule has 0 radical (unpaired) electrons. The smallest absolute Gasteiger partial charge is 0.331 e. The summed E-state index contributed by atoms with van der Waals surface area (Å²) in [5.74, 6) is 0.417. The molecule has 0 bridgehead atoms. The number of benzene rings is 1. The molecule has 0 aliphatic carbocycles. The average molecular weight is 189 g/mol. The van der Waals surface area contributed by atoms with Gasteiger partial charge in [-0.1, -0.05) is 12.1 Å². The Bertz CT molecular complexity index is 510. The van der Waals surface area contributed by atoms with Gasteiger partial charge in [-0.25, -0.2) is 9.36 Å². The van der Waals surface area contributed by atoms with Crippen LogP contribution in [0, 0.1) is 6.92 Å². The van der Waals surface area contributed by atoms with Crippen LogP contribution in [0.15, 0.2) is 35.3 Å². The Morgan fingerprint density at radius 3 is 2.79 bits per heavy atom. The first kappa shape index (κ1) is 8.62. The molecule has 0 fully saturated rings. The van der Waals surface area contributed by atoms with Gasteiger partial charge in [-0.05, 0) is 24.6 Å². The molecule has 4 nitrogen and oxygen atoms in total. The second kappa shape index (κ2) is 3.06. The number of nitrogen functional groups attached to an aromatic ring is 1. The van der Waals surface area contributed by atoms with E-state index in [9.17, 15) is 4.79 Å². The van der Waals surface area contributed by atoms with E-state index in [1.807, 2.05) is 31.2 Å². The minimum atomic E-state index is -0.215. The summed E-state index contributed by atoms with van der Waals surface area (Å²) in [5, 5.41) is 0. The van der Waals surface area contributed by atoms with Gasteiger partial charge >= 0.3 is 5.69 Å². The molecule has 1 heterocycles. The molecule has 0 saturated heterocycles. The predicted octanol–water partition coefficient (Wildman–Crippen LogP) is 1.06. The number of anilines is 1. The number of nitrogens with two attached hydrogens (primary N) is 1. The van der Waals surface area contributed by atoms with E-state index < -0.39 is 0 Å². The van der Waals surface area contributed by atoms with E-state index in [2.05, 4.69) is 4.98 Å². The Kier molecular flexibility index (Phi) is 1.89. The molecule has 2 aromatic rings. The van der Waals surface area contributed by atoms with Crippen LogP contribution in [0.2, 0.25) is 0 Å². The number of imidazole rings is 1.